The van der Waals surface area contributed by atoms with Crippen LogP contribution in [0, 0.1) is 17.3 Å². The number of anilines is 1. The maximum atomic E-state index is 13.2. The second-order valence-corrected chi connectivity index (χ2v) is 9.08. The molecule has 1 aromatic carbocycles. The van der Waals surface area contributed by atoms with Gasteiger partial charge in [-0.05, 0) is 68.4 Å². The van der Waals surface area contributed by atoms with Crippen molar-refractivity contribution >= 4 is 11.6 Å². The third-order valence-corrected chi connectivity index (χ3v) is 7.96. The van der Waals surface area contributed by atoms with Gasteiger partial charge in [-0.15, -0.1) is 0 Å². The largest absolute Gasteiger partial charge is 0.325 e. The zero-order chi connectivity index (χ0) is 16.0. The summed E-state index contributed by atoms with van der Waals surface area (Å²) in [6.45, 7) is 7.10. The summed E-state index contributed by atoms with van der Waals surface area (Å²) in [5, 5.41) is 7.13. The molecule has 3 nitrogen and oxygen atoms in total. The number of fused-ring (bicyclic) bond motifs is 4. The number of rotatable bonds is 0. The number of amides is 1. The summed E-state index contributed by atoms with van der Waals surface area (Å²) in [5.74, 6) is 1.60. The zero-order valence-corrected chi connectivity index (χ0v) is 14.3. The van der Waals surface area contributed by atoms with Gasteiger partial charge in [0.15, 0.2) is 0 Å². The van der Waals surface area contributed by atoms with Gasteiger partial charge in [-0.1, -0.05) is 25.1 Å². The van der Waals surface area contributed by atoms with Crippen molar-refractivity contribution < 1.29 is 4.79 Å². The number of hydrogen-bond acceptors (Lipinski definition) is 2. The van der Waals surface area contributed by atoms with Crippen LogP contribution in [0.5, 0.6) is 0 Å². The first-order valence-corrected chi connectivity index (χ1v) is 9.07. The third-order valence-electron chi connectivity index (χ3n) is 7.96. The Morgan fingerprint density at radius 2 is 1.96 bits per heavy atom. The number of hydrogen-bond donors (Lipinski definition) is 2. The molecule has 122 valence electrons. The van der Waals surface area contributed by atoms with E-state index in [0.29, 0.717) is 12.0 Å². The number of benzene rings is 1. The lowest BCUT2D eigenvalue weighted by Gasteiger charge is -2.55. The summed E-state index contributed by atoms with van der Waals surface area (Å²) in [4.78, 5) is 13.2. The Bertz CT molecular complexity index is 711. The molecule has 1 saturated heterocycles. The van der Waals surface area contributed by atoms with E-state index in [9.17, 15) is 4.79 Å². The van der Waals surface area contributed by atoms with Gasteiger partial charge < -0.3 is 10.6 Å². The summed E-state index contributed by atoms with van der Waals surface area (Å²) in [6, 6.07) is 8.84. The molecule has 3 heteroatoms. The van der Waals surface area contributed by atoms with Crippen molar-refractivity contribution in [1.82, 2.24) is 5.32 Å². The van der Waals surface area contributed by atoms with Crippen molar-refractivity contribution in [3.8, 4) is 0 Å². The lowest BCUT2D eigenvalue weighted by Crippen LogP contribution is -2.61. The summed E-state index contributed by atoms with van der Waals surface area (Å²) in [5.41, 5.74) is 2.23. The van der Waals surface area contributed by atoms with Gasteiger partial charge >= 0.3 is 0 Å². The standard InChI is InChI=1S/C20H26N2O/c1-18(2)12-8-9-19(3)14(10-12)16(22-18)11-20(19)13-6-4-5-7-15(13)21-17(20)23/h4-7,12,14,16,22H,8-11H2,1-3H3,(H,21,23). The molecule has 2 saturated carbocycles. The molecule has 0 radical (unpaired) electrons. The summed E-state index contributed by atoms with van der Waals surface area (Å²) < 4.78 is 0. The molecule has 2 heterocycles. The van der Waals surface area contributed by atoms with Gasteiger partial charge in [0.1, 0.15) is 0 Å². The topological polar surface area (TPSA) is 41.1 Å². The number of piperidine rings is 1. The van der Waals surface area contributed by atoms with Gasteiger partial charge in [-0.25, -0.2) is 0 Å². The number of carbonyl (C=O) groups is 1. The molecule has 2 N–H and O–H groups in total. The van der Waals surface area contributed by atoms with Crippen molar-refractivity contribution in [3.05, 3.63) is 29.8 Å². The van der Waals surface area contributed by atoms with E-state index in [1.165, 1.54) is 24.8 Å². The molecule has 23 heavy (non-hydrogen) atoms. The zero-order valence-electron chi connectivity index (χ0n) is 14.3. The fraction of sp³-hybridized carbons (Fsp3) is 0.650. The molecular formula is C20H26N2O. The van der Waals surface area contributed by atoms with Gasteiger partial charge in [0.2, 0.25) is 5.91 Å². The normalized spacial score (nSPS) is 45.9. The minimum absolute atomic E-state index is 0.0777. The Hall–Kier alpha value is -1.35. The molecule has 2 aliphatic heterocycles. The van der Waals surface area contributed by atoms with Gasteiger partial charge in [-0.2, -0.15) is 0 Å². The Kier molecular flexibility index (Phi) is 2.44. The first-order valence-electron chi connectivity index (χ1n) is 9.07. The number of carbonyl (C=O) groups excluding carboxylic acids is 1. The highest BCUT2D eigenvalue weighted by atomic mass is 16.2. The lowest BCUT2D eigenvalue weighted by atomic mass is 9.52. The molecule has 4 aliphatic rings. The van der Waals surface area contributed by atoms with Crippen molar-refractivity contribution in [2.45, 2.75) is 63.5 Å². The van der Waals surface area contributed by atoms with E-state index in [2.05, 4.69) is 49.6 Å². The Morgan fingerprint density at radius 1 is 1.17 bits per heavy atom. The average molecular weight is 310 g/mol. The highest BCUT2D eigenvalue weighted by Crippen LogP contribution is 2.68. The summed E-state index contributed by atoms with van der Waals surface area (Å²) >= 11 is 0. The van der Waals surface area contributed by atoms with Crippen molar-refractivity contribution in [2.75, 3.05) is 5.32 Å². The first-order chi connectivity index (χ1) is 10.9. The first kappa shape index (κ1) is 14.0. The van der Waals surface area contributed by atoms with E-state index in [1.54, 1.807) is 0 Å². The molecule has 5 atom stereocenters. The average Bonchev–Trinajstić information content (AvgIpc) is 2.94. The minimum atomic E-state index is -0.336. The molecular weight excluding hydrogens is 284 g/mol. The van der Waals surface area contributed by atoms with Crippen molar-refractivity contribution in [3.63, 3.8) is 0 Å². The highest BCUT2D eigenvalue weighted by molar-refractivity contribution is 6.07. The maximum absolute atomic E-state index is 13.2. The van der Waals surface area contributed by atoms with E-state index < -0.39 is 0 Å². The molecule has 2 bridgehead atoms. The van der Waals surface area contributed by atoms with E-state index in [0.717, 1.165) is 18.0 Å². The van der Waals surface area contributed by atoms with Crippen LogP contribution < -0.4 is 10.6 Å². The molecule has 1 spiro atoms. The molecule has 0 aromatic heterocycles. The van der Waals surface area contributed by atoms with Crippen LogP contribution in [-0.4, -0.2) is 17.5 Å². The summed E-state index contributed by atoms with van der Waals surface area (Å²) in [7, 11) is 0. The summed E-state index contributed by atoms with van der Waals surface area (Å²) in [6.07, 6.45) is 4.63. The molecule has 2 aliphatic carbocycles. The van der Waals surface area contributed by atoms with Crippen LogP contribution in [0.25, 0.3) is 0 Å². The number of para-hydroxylation sites is 1. The predicted molar refractivity (Wildman–Crippen MR) is 91.3 cm³/mol. The van der Waals surface area contributed by atoms with E-state index in [-0.39, 0.29) is 22.3 Å². The van der Waals surface area contributed by atoms with Crippen LogP contribution in [0.2, 0.25) is 0 Å². The minimum Gasteiger partial charge on any atom is -0.325 e. The fourth-order valence-electron chi connectivity index (χ4n) is 6.68. The van der Waals surface area contributed by atoms with E-state index in [4.69, 9.17) is 0 Å². The lowest BCUT2D eigenvalue weighted by molar-refractivity contribution is -0.126. The predicted octanol–water partition coefficient (Wildman–Crippen LogP) is 3.45. The third kappa shape index (κ3) is 1.44. The Labute approximate surface area is 138 Å². The van der Waals surface area contributed by atoms with Crippen LogP contribution >= 0.6 is 0 Å². The SMILES string of the molecule is CC1(C)NC2CC3(C(=O)Nc4ccccc43)C3(C)CCC1CC23. The van der Waals surface area contributed by atoms with Gasteiger partial charge in [0, 0.05) is 17.3 Å². The second kappa shape index (κ2) is 4.00. The van der Waals surface area contributed by atoms with Gasteiger partial charge in [0.25, 0.3) is 0 Å². The van der Waals surface area contributed by atoms with Gasteiger partial charge in [0.05, 0.1) is 5.41 Å². The molecule has 5 rings (SSSR count). The van der Waals surface area contributed by atoms with Crippen LogP contribution in [0.1, 0.15) is 52.0 Å². The van der Waals surface area contributed by atoms with Crippen LogP contribution in [0.3, 0.4) is 0 Å². The highest BCUT2D eigenvalue weighted by Gasteiger charge is 2.70. The number of nitrogens with one attached hydrogen (secondary N) is 2. The smallest absolute Gasteiger partial charge is 0.235 e. The Morgan fingerprint density at radius 3 is 2.78 bits per heavy atom. The van der Waals surface area contributed by atoms with Gasteiger partial charge in [-0.3, -0.25) is 4.79 Å². The molecule has 1 amide bonds. The van der Waals surface area contributed by atoms with Crippen molar-refractivity contribution in [1.29, 1.82) is 0 Å². The molecule has 5 unspecified atom stereocenters. The van der Waals surface area contributed by atoms with Crippen LogP contribution in [0.4, 0.5) is 5.69 Å². The molecule has 3 fully saturated rings. The fourth-order valence-corrected chi connectivity index (χ4v) is 6.68. The van der Waals surface area contributed by atoms with Crippen molar-refractivity contribution in [2.24, 2.45) is 17.3 Å². The quantitative estimate of drug-likeness (QED) is 0.770. The van der Waals surface area contributed by atoms with E-state index >= 15 is 0 Å². The maximum Gasteiger partial charge on any atom is 0.235 e. The monoisotopic (exact) mass is 310 g/mol. The van der Waals surface area contributed by atoms with E-state index in [1.807, 2.05) is 6.07 Å². The second-order valence-electron chi connectivity index (χ2n) is 9.08. The van der Waals surface area contributed by atoms with Crippen LogP contribution in [0.15, 0.2) is 24.3 Å². The Balaban J connectivity index is 1.71. The van der Waals surface area contributed by atoms with Crippen LogP contribution in [-0.2, 0) is 10.2 Å². The molecule has 1 aromatic rings.